The number of hydrogen-bond acceptors (Lipinski definition) is 6. The molecule has 0 fully saturated rings. The summed E-state index contributed by atoms with van der Waals surface area (Å²) in [4.78, 5) is 12.5. The second-order valence-corrected chi connectivity index (χ2v) is 6.56. The molecule has 0 unspecified atom stereocenters. The molecule has 0 saturated carbocycles. The first-order valence-electron chi connectivity index (χ1n) is 8.21. The molecule has 1 aromatic heterocycles. The van der Waals surface area contributed by atoms with Crippen molar-refractivity contribution in [3.63, 3.8) is 0 Å². The van der Waals surface area contributed by atoms with Crippen LogP contribution < -0.4 is 10.6 Å². The third kappa shape index (κ3) is 4.60. The summed E-state index contributed by atoms with van der Waals surface area (Å²) in [5.74, 6) is 0.142. The standard InChI is InChI=1S/C18H25N5O3/c1-18(2,11-24)22-17(25)16(20-3)14-9-13(5-6-15(14)19)26-10-12-7-8-21-23(12)4/h5-9,19-20,24H,10-11H2,1-4H3,(H,22,25)/b16-14-,19-15?. The van der Waals surface area contributed by atoms with Crippen molar-refractivity contribution in [2.45, 2.75) is 26.0 Å². The number of amides is 1. The Hall–Kier alpha value is -2.87. The number of carbonyl (C=O) groups excluding carboxylic acids is 1. The fraction of sp³-hybridized carbons (Fsp3) is 0.389. The van der Waals surface area contributed by atoms with Crippen molar-refractivity contribution in [3.8, 4) is 0 Å². The van der Waals surface area contributed by atoms with Gasteiger partial charge in [-0.3, -0.25) is 9.48 Å². The van der Waals surface area contributed by atoms with Crippen molar-refractivity contribution in [1.82, 2.24) is 20.4 Å². The van der Waals surface area contributed by atoms with Gasteiger partial charge in [-0.25, -0.2) is 0 Å². The van der Waals surface area contributed by atoms with Crippen molar-refractivity contribution in [2.75, 3.05) is 13.7 Å². The quantitative estimate of drug-likeness (QED) is 0.537. The number of aliphatic hydroxyl groups is 1. The topological polar surface area (TPSA) is 112 Å². The van der Waals surface area contributed by atoms with Crippen LogP contribution in [0, 0.1) is 5.41 Å². The fourth-order valence-electron chi connectivity index (χ4n) is 2.30. The molecule has 1 heterocycles. The normalized spacial score (nSPS) is 16.2. The Morgan fingerprint density at radius 1 is 1.42 bits per heavy atom. The van der Waals surface area contributed by atoms with E-state index in [1.165, 1.54) is 0 Å². The third-order valence-electron chi connectivity index (χ3n) is 3.89. The highest BCUT2D eigenvalue weighted by atomic mass is 16.5. The maximum Gasteiger partial charge on any atom is 0.268 e. The van der Waals surface area contributed by atoms with Gasteiger partial charge < -0.3 is 25.9 Å². The summed E-state index contributed by atoms with van der Waals surface area (Å²) in [6.07, 6.45) is 6.61. The van der Waals surface area contributed by atoms with Crippen molar-refractivity contribution >= 4 is 11.6 Å². The summed E-state index contributed by atoms with van der Waals surface area (Å²) < 4.78 is 7.48. The van der Waals surface area contributed by atoms with E-state index in [0.717, 1.165) is 5.69 Å². The number of carbonyl (C=O) groups is 1. The van der Waals surface area contributed by atoms with Crippen LogP contribution >= 0.6 is 0 Å². The van der Waals surface area contributed by atoms with Gasteiger partial charge in [-0.05, 0) is 38.1 Å². The maximum absolute atomic E-state index is 12.5. The highest BCUT2D eigenvalue weighted by molar-refractivity contribution is 6.14. The number of nitrogens with zero attached hydrogens (tertiary/aromatic N) is 2. The van der Waals surface area contributed by atoms with Crippen molar-refractivity contribution in [2.24, 2.45) is 7.05 Å². The van der Waals surface area contributed by atoms with Gasteiger partial charge in [0.15, 0.2) is 0 Å². The molecule has 26 heavy (non-hydrogen) atoms. The molecule has 8 nitrogen and oxygen atoms in total. The van der Waals surface area contributed by atoms with Gasteiger partial charge in [0, 0.05) is 25.9 Å². The predicted molar refractivity (Wildman–Crippen MR) is 98.3 cm³/mol. The molecule has 1 aliphatic rings. The van der Waals surface area contributed by atoms with Gasteiger partial charge in [0.2, 0.25) is 0 Å². The molecule has 0 bridgehead atoms. The zero-order valence-corrected chi connectivity index (χ0v) is 15.5. The van der Waals surface area contributed by atoms with E-state index in [4.69, 9.17) is 10.1 Å². The summed E-state index contributed by atoms with van der Waals surface area (Å²) in [6, 6.07) is 1.86. The van der Waals surface area contributed by atoms with Crippen LogP contribution in [-0.4, -0.2) is 45.7 Å². The van der Waals surface area contributed by atoms with Gasteiger partial charge in [-0.2, -0.15) is 5.10 Å². The molecule has 0 aromatic carbocycles. The summed E-state index contributed by atoms with van der Waals surface area (Å²) in [6.45, 7) is 3.56. The molecule has 1 aromatic rings. The van der Waals surface area contributed by atoms with Crippen LogP contribution in [-0.2, 0) is 23.2 Å². The summed E-state index contributed by atoms with van der Waals surface area (Å²) in [5, 5.41) is 27.1. The van der Waals surface area contributed by atoms with E-state index in [-0.39, 0.29) is 18.0 Å². The SMILES string of the molecule is CN/C(C(=O)NC(C)(C)CO)=C1/C=C(OCc2ccnn2C)C=CC1=N. The lowest BCUT2D eigenvalue weighted by Gasteiger charge is -2.25. The molecule has 0 saturated heterocycles. The second kappa shape index (κ2) is 8.01. The molecule has 0 atom stereocenters. The molecular weight excluding hydrogens is 334 g/mol. The number of rotatable bonds is 7. The van der Waals surface area contributed by atoms with Gasteiger partial charge in [-0.1, -0.05) is 0 Å². The lowest BCUT2D eigenvalue weighted by Crippen LogP contribution is -2.48. The van der Waals surface area contributed by atoms with E-state index >= 15 is 0 Å². The second-order valence-electron chi connectivity index (χ2n) is 6.56. The molecule has 1 aliphatic carbocycles. The minimum Gasteiger partial charge on any atom is -0.487 e. The molecule has 8 heteroatoms. The van der Waals surface area contributed by atoms with Crippen LogP contribution in [0.25, 0.3) is 0 Å². The average molecular weight is 359 g/mol. The number of aryl methyl sites for hydroxylation is 1. The van der Waals surface area contributed by atoms with Crippen LogP contribution in [0.1, 0.15) is 19.5 Å². The number of hydrogen-bond donors (Lipinski definition) is 4. The zero-order valence-electron chi connectivity index (χ0n) is 15.5. The number of ether oxygens (including phenoxy) is 1. The first-order valence-corrected chi connectivity index (χ1v) is 8.21. The Bertz CT molecular complexity index is 787. The Morgan fingerprint density at radius 3 is 2.73 bits per heavy atom. The lowest BCUT2D eigenvalue weighted by molar-refractivity contribution is -0.119. The molecule has 1 amide bonds. The maximum atomic E-state index is 12.5. The highest BCUT2D eigenvalue weighted by Crippen LogP contribution is 2.19. The summed E-state index contributed by atoms with van der Waals surface area (Å²) in [5.41, 5.74) is 0.986. The monoisotopic (exact) mass is 359 g/mol. The third-order valence-corrected chi connectivity index (χ3v) is 3.89. The summed E-state index contributed by atoms with van der Waals surface area (Å²) in [7, 11) is 3.45. The number of nitrogens with one attached hydrogen (secondary N) is 3. The predicted octanol–water partition coefficient (Wildman–Crippen LogP) is 0.771. The van der Waals surface area contributed by atoms with E-state index in [9.17, 15) is 9.90 Å². The lowest BCUT2D eigenvalue weighted by atomic mass is 10.0. The first kappa shape index (κ1) is 19.5. The Labute approximate surface area is 152 Å². The van der Waals surface area contributed by atoms with Crippen LogP contribution in [0.2, 0.25) is 0 Å². The minimum atomic E-state index is -0.769. The van der Waals surface area contributed by atoms with E-state index in [1.54, 1.807) is 50.0 Å². The minimum absolute atomic E-state index is 0.194. The molecular formula is C18H25N5O3. The van der Waals surface area contributed by atoms with Crippen LogP contribution in [0.5, 0.6) is 0 Å². The largest absolute Gasteiger partial charge is 0.487 e. The van der Waals surface area contributed by atoms with Gasteiger partial charge in [0.05, 0.1) is 23.6 Å². The molecule has 140 valence electrons. The number of aliphatic hydroxyl groups excluding tert-OH is 1. The van der Waals surface area contributed by atoms with Crippen molar-refractivity contribution in [3.05, 3.63) is 53.2 Å². The number of aromatic nitrogens is 2. The van der Waals surface area contributed by atoms with Crippen LogP contribution in [0.4, 0.5) is 0 Å². The van der Waals surface area contributed by atoms with Crippen molar-refractivity contribution < 1.29 is 14.6 Å². The summed E-state index contributed by atoms with van der Waals surface area (Å²) >= 11 is 0. The van der Waals surface area contributed by atoms with Gasteiger partial charge in [0.25, 0.3) is 5.91 Å². The Balaban J connectivity index is 2.23. The van der Waals surface area contributed by atoms with E-state index < -0.39 is 11.4 Å². The molecule has 4 N–H and O–H groups in total. The van der Waals surface area contributed by atoms with Crippen LogP contribution in [0.15, 0.2) is 47.5 Å². The Kier molecular flexibility index (Phi) is 5.99. The van der Waals surface area contributed by atoms with Gasteiger partial charge in [-0.15, -0.1) is 0 Å². The van der Waals surface area contributed by atoms with Gasteiger partial charge >= 0.3 is 0 Å². The molecule has 0 spiro atoms. The smallest absolute Gasteiger partial charge is 0.268 e. The van der Waals surface area contributed by atoms with Crippen LogP contribution in [0.3, 0.4) is 0 Å². The van der Waals surface area contributed by atoms with Gasteiger partial charge in [0.1, 0.15) is 18.1 Å². The first-order chi connectivity index (χ1) is 12.3. The molecule has 0 aliphatic heterocycles. The highest BCUT2D eigenvalue weighted by Gasteiger charge is 2.24. The number of likely N-dealkylation sites (N-methyl/N-ethyl adjacent to an activating group) is 1. The number of allylic oxidation sites excluding steroid dienone is 4. The van der Waals surface area contributed by atoms with E-state index in [2.05, 4.69) is 15.7 Å². The fourth-order valence-corrected chi connectivity index (χ4v) is 2.30. The van der Waals surface area contributed by atoms with Crippen molar-refractivity contribution in [1.29, 1.82) is 5.41 Å². The molecule has 0 radical (unpaired) electrons. The zero-order chi connectivity index (χ0) is 19.3. The Morgan fingerprint density at radius 2 is 2.15 bits per heavy atom. The van der Waals surface area contributed by atoms with E-state index in [0.29, 0.717) is 17.9 Å². The molecule has 2 rings (SSSR count). The van der Waals surface area contributed by atoms with E-state index in [1.807, 2.05) is 13.1 Å². The average Bonchev–Trinajstić information content (AvgIpc) is 3.00.